The minimum atomic E-state index is -0.343. The molecule has 0 saturated heterocycles. The predicted molar refractivity (Wildman–Crippen MR) is 76.8 cm³/mol. The SMILES string of the molecule is O=[N+]([O-])c1ccccc1SCc1ccc(Br)cc1. The van der Waals surface area contributed by atoms with Gasteiger partial charge in [0.2, 0.25) is 0 Å². The Kier molecular flexibility index (Phi) is 4.38. The molecule has 5 heteroatoms. The van der Waals surface area contributed by atoms with Crippen LogP contribution in [-0.4, -0.2) is 4.92 Å². The van der Waals surface area contributed by atoms with Crippen molar-refractivity contribution >= 4 is 33.4 Å². The summed E-state index contributed by atoms with van der Waals surface area (Å²) in [6, 6.07) is 14.8. The molecule has 0 aliphatic heterocycles. The quantitative estimate of drug-likeness (QED) is 0.467. The number of para-hydroxylation sites is 1. The maximum atomic E-state index is 10.9. The molecule has 0 heterocycles. The van der Waals surface area contributed by atoms with E-state index in [-0.39, 0.29) is 10.6 Å². The Morgan fingerprint density at radius 1 is 1.11 bits per heavy atom. The highest BCUT2D eigenvalue weighted by Gasteiger charge is 2.12. The zero-order valence-corrected chi connectivity index (χ0v) is 11.8. The third-order valence-corrected chi connectivity index (χ3v) is 4.03. The van der Waals surface area contributed by atoms with Crippen LogP contribution in [0, 0.1) is 10.1 Å². The Morgan fingerprint density at radius 3 is 2.44 bits per heavy atom. The van der Waals surface area contributed by atoms with E-state index >= 15 is 0 Å². The van der Waals surface area contributed by atoms with Gasteiger partial charge in [0.25, 0.3) is 5.69 Å². The van der Waals surface area contributed by atoms with E-state index < -0.39 is 0 Å². The van der Waals surface area contributed by atoms with E-state index in [1.54, 1.807) is 12.1 Å². The van der Waals surface area contributed by atoms with Crippen molar-refractivity contribution in [1.82, 2.24) is 0 Å². The highest BCUT2D eigenvalue weighted by atomic mass is 79.9. The molecule has 0 aromatic heterocycles. The van der Waals surface area contributed by atoms with Crippen LogP contribution < -0.4 is 0 Å². The first-order valence-electron chi connectivity index (χ1n) is 5.27. The van der Waals surface area contributed by atoms with Crippen molar-refractivity contribution in [2.24, 2.45) is 0 Å². The Bertz CT molecular complexity index is 557. The highest BCUT2D eigenvalue weighted by molar-refractivity contribution is 9.10. The number of nitro groups is 1. The first-order chi connectivity index (χ1) is 8.66. The maximum Gasteiger partial charge on any atom is 0.282 e. The summed E-state index contributed by atoms with van der Waals surface area (Å²) in [5.74, 6) is 0.720. The number of nitro benzene ring substituents is 1. The average Bonchev–Trinajstić information content (AvgIpc) is 2.38. The lowest BCUT2D eigenvalue weighted by atomic mass is 10.2. The molecule has 3 nitrogen and oxygen atoms in total. The van der Waals surface area contributed by atoms with Crippen molar-refractivity contribution < 1.29 is 4.92 Å². The Hall–Kier alpha value is -1.33. The first-order valence-corrected chi connectivity index (χ1v) is 7.05. The molecule has 0 amide bonds. The van der Waals surface area contributed by atoms with Crippen molar-refractivity contribution in [2.75, 3.05) is 0 Å². The number of hydrogen-bond donors (Lipinski definition) is 0. The van der Waals surface area contributed by atoms with Crippen LogP contribution in [0.1, 0.15) is 5.56 Å². The molecule has 0 atom stereocenters. The topological polar surface area (TPSA) is 43.1 Å². The summed E-state index contributed by atoms with van der Waals surface area (Å²) in [6.45, 7) is 0. The fourth-order valence-electron chi connectivity index (χ4n) is 1.47. The Balaban J connectivity index is 2.10. The molecule has 0 aliphatic rings. The van der Waals surface area contributed by atoms with Gasteiger partial charge in [-0.1, -0.05) is 40.2 Å². The summed E-state index contributed by atoms with van der Waals surface area (Å²) in [7, 11) is 0. The van der Waals surface area contributed by atoms with Gasteiger partial charge in [0.15, 0.2) is 0 Å². The van der Waals surface area contributed by atoms with Crippen LogP contribution in [0.3, 0.4) is 0 Å². The third-order valence-electron chi connectivity index (χ3n) is 2.37. The molecular formula is C13H10BrNO2S. The molecule has 0 fully saturated rings. The Morgan fingerprint density at radius 2 is 1.78 bits per heavy atom. The molecule has 0 spiro atoms. The van der Waals surface area contributed by atoms with Gasteiger partial charge in [-0.2, -0.15) is 0 Å². The van der Waals surface area contributed by atoms with Gasteiger partial charge in [0, 0.05) is 16.3 Å². The minimum Gasteiger partial charge on any atom is -0.258 e. The van der Waals surface area contributed by atoms with Crippen LogP contribution in [0.5, 0.6) is 0 Å². The highest BCUT2D eigenvalue weighted by Crippen LogP contribution is 2.31. The third kappa shape index (κ3) is 3.34. The summed E-state index contributed by atoms with van der Waals surface area (Å²) >= 11 is 4.85. The predicted octanol–water partition coefficient (Wildman–Crippen LogP) is 4.65. The molecular weight excluding hydrogens is 314 g/mol. The first kappa shape index (κ1) is 13.1. The Labute approximate surface area is 117 Å². The number of nitrogens with zero attached hydrogens (tertiary/aromatic N) is 1. The summed E-state index contributed by atoms with van der Waals surface area (Å²) in [4.78, 5) is 11.2. The molecule has 92 valence electrons. The molecule has 0 unspecified atom stereocenters. The van der Waals surface area contributed by atoms with E-state index in [4.69, 9.17) is 0 Å². The molecule has 18 heavy (non-hydrogen) atoms. The van der Waals surface area contributed by atoms with E-state index in [2.05, 4.69) is 15.9 Å². The van der Waals surface area contributed by atoms with Crippen molar-refractivity contribution in [3.05, 3.63) is 68.7 Å². The van der Waals surface area contributed by atoms with Gasteiger partial charge in [-0.3, -0.25) is 10.1 Å². The maximum absolute atomic E-state index is 10.9. The van der Waals surface area contributed by atoms with Gasteiger partial charge in [0.1, 0.15) is 0 Å². The van der Waals surface area contributed by atoms with E-state index in [9.17, 15) is 10.1 Å². The van der Waals surface area contributed by atoms with Crippen LogP contribution in [-0.2, 0) is 5.75 Å². The molecule has 2 aromatic carbocycles. The number of benzene rings is 2. The van der Waals surface area contributed by atoms with E-state index in [1.165, 1.54) is 17.8 Å². The van der Waals surface area contributed by atoms with Gasteiger partial charge in [-0.15, -0.1) is 11.8 Å². The van der Waals surface area contributed by atoms with Crippen LogP contribution in [0.2, 0.25) is 0 Å². The number of thioether (sulfide) groups is 1. The molecule has 0 bridgehead atoms. The van der Waals surface area contributed by atoms with Crippen molar-refractivity contribution in [3.63, 3.8) is 0 Å². The lowest BCUT2D eigenvalue weighted by Crippen LogP contribution is -1.90. The second-order valence-corrected chi connectivity index (χ2v) is 5.57. The average molecular weight is 324 g/mol. The van der Waals surface area contributed by atoms with Gasteiger partial charge in [-0.05, 0) is 23.8 Å². The van der Waals surface area contributed by atoms with Crippen LogP contribution in [0.15, 0.2) is 57.9 Å². The van der Waals surface area contributed by atoms with Crippen molar-refractivity contribution in [3.8, 4) is 0 Å². The smallest absolute Gasteiger partial charge is 0.258 e. The second-order valence-electron chi connectivity index (χ2n) is 3.64. The van der Waals surface area contributed by atoms with Gasteiger partial charge in [0.05, 0.1) is 9.82 Å². The monoisotopic (exact) mass is 323 g/mol. The molecule has 0 aliphatic carbocycles. The van der Waals surface area contributed by atoms with Gasteiger partial charge in [-0.25, -0.2) is 0 Å². The molecule has 0 radical (unpaired) electrons. The second kappa shape index (κ2) is 6.02. The number of halogens is 1. The summed E-state index contributed by atoms with van der Waals surface area (Å²) in [6.07, 6.45) is 0. The van der Waals surface area contributed by atoms with Crippen molar-refractivity contribution in [2.45, 2.75) is 10.6 Å². The summed E-state index contributed by atoms with van der Waals surface area (Å²) < 4.78 is 1.03. The lowest BCUT2D eigenvalue weighted by molar-refractivity contribution is -0.387. The molecule has 0 N–H and O–H groups in total. The molecule has 2 aromatic rings. The van der Waals surface area contributed by atoms with Gasteiger partial charge < -0.3 is 0 Å². The van der Waals surface area contributed by atoms with E-state index in [1.807, 2.05) is 30.3 Å². The lowest BCUT2D eigenvalue weighted by Gasteiger charge is -2.03. The fourth-order valence-corrected chi connectivity index (χ4v) is 2.72. The largest absolute Gasteiger partial charge is 0.282 e. The van der Waals surface area contributed by atoms with E-state index in [0.29, 0.717) is 4.90 Å². The zero-order chi connectivity index (χ0) is 13.0. The van der Waals surface area contributed by atoms with Crippen LogP contribution in [0.25, 0.3) is 0 Å². The molecule has 2 rings (SSSR count). The van der Waals surface area contributed by atoms with Crippen LogP contribution >= 0.6 is 27.7 Å². The summed E-state index contributed by atoms with van der Waals surface area (Å²) in [5, 5.41) is 10.9. The normalized spacial score (nSPS) is 10.3. The van der Waals surface area contributed by atoms with E-state index in [0.717, 1.165) is 15.8 Å². The fraction of sp³-hybridized carbons (Fsp3) is 0.0769. The van der Waals surface area contributed by atoms with Crippen molar-refractivity contribution in [1.29, 1.82) is 0 Å². The van der Waals surface area contributed by atoms with Gasteiger partial charge >= 0.3 is 0 Å². The number of rotatable bonds is 4. The summed E-state index contributed by atoms with van der Waals surface area (Å²) in [5.41, 5.74) is 1.31. The zero-order valence-electron chi connectivity index (χ0n) is 9.38. The molecule has 0 saturated carbocycles. The minimum absolute atomic E-state index is 0.166. The van der Waals surface area contributed by atoms with Crippen LogP contribution in [0.4, 0.5) is 5.69 Å². The number of hydrogen-bond acceptors (Lipinski definition) is 3. The standard InChI is InChI=1S/C13H10BrNO2S/c14-11-7-5-10(6-8-11)9-18-13-4-2-1-3-12(13)15(16)17/h1-8H,9H2.